The van der Waals surface area contributed by atoms with E-state index in [-0.39, 0.29) is 0 Å². The van der Waals surface area contributed by atoms with Crippen molar-refractivity contribution in [3.05, 3.63) is 54.4 Å². The van der Waals surface area contributed by atoms with Gasteiger partial charge in [-0.3, -0.25) is 9.67 Å². The fourth-order valence-corrected chi connectivity index (χ4v) is 1.99. The van der Waals surface area contributed by atoms with E-state index in [1.807, 2.05) is 41.2 Å². The highest BCUT2D eigenvalue weighted by Crippen LogP contribution is 2.13. The molecule has 0 fully saturated rings. The smallest absolute Gasteiger partial charge is 0.157 e. The third-order valence-electron chi connectivity index (χ3n) is 2.74. The first-order valence-electron chi connectivity index (χ1n) is 5.63. The van der Waals surface area contributed by atoms with Crippen LogP contribution in [0.1, 0.15) is 5.69 Å². The number of anilines is 1. The predicted octanol–water partition coefficient (Wildman–Crippen LogP) is 2.74. The third-order valence-corrected chi connectivity index (χ3v) is 2.96. The SMILES string of the molecule is SNc1ccn(Cc2ccc3ccccc3n2)n1. The minimum atomic E-state index is 0.653. The fraction of sp³-hybridized carbons (Fsp3) is 0.0769. The number of benzene rings is 1. The Morgan fingerprint density at radius 3 is 2.83 bits per heavy atom. The Morgan fingerprint density at radius 2 is 2.00 bits per heavy atom. The molecule has 0 aliphatic carbocycles. The Balaban J connectivity index is 1.90. The van der Waals surface area contributed by atoms with Crippen molar-refractivity contribution >= 4 is 29.5 Å². The van der Waals surface area contributed by atoms with Crippen molar-refractivity contribution in [2.75, 3.05) is 4.72 Å². The predicted molar refractivity (Wildman–Crippen MR) is 75.7 cm³/mol. The van der Waals surface area contributed by atoms with Crippen LogP contribution in [0.25, 0.3) is 10.9 Å². The van der Waals surface area contributed by atoms with E-state index < -0.39 is 0 Å². The lowest BCUT2D eigenvalue weighted by atomic mass is 10.2. The van der Waals surface area contributed by atoms with Crippen LogP contribution >= 0.6 is 12.8 Å². The molecule has 3 rings (SSSR count). The van der Waals surface area contributed by atoms with E-state index in [0.29, 0.717) is 6.54 Å². The van der Waals surface area contributed by atoms with Crippen LogP contribution in [0, 0.1) is 0 Å². The number of aromatic nitrogens is 3. The largest absolute Gasteiger partial charge is 0.316 e. The summed E-state index contributed by atoms with van der Waals surface area (Å²) in [5.74, 6) is 0.735. The summed E-state index contributed by atoms with van der Waals surface area (Å²) in [6.07, 6.45) is 1.90. The second-order valence-corrected chi connectivity index (χ2v) is 4.23. The average molecular weight is 256 g/mol. The molecule has 2 heterocycles. The maximum absolute atomic E-state index is 4.61. The Hall–Kier alpha value is -2.01. The summed E-state index contributed by atoms with van der Waals surface area (Å²) in [6, 6.07) is 14.1. The van der Waals surface area contributed by atoms with Crippen molar-refractivity contribution in [1.82, 2.24) is 14.8 Å². The van der Waals surface area contributed by atoms with Crippen LogP contribution in [-0.4, -0.2) is 14.8 Å². The molecule has 0 saturated heterocycles. The number of rotatable bonds is 3. The molecule has 0 radical (unpaired) electrons. The van der Waals surface area contributed by atoms with Gasteiger partial charge in [0.25, 0.3) is 0 Å². The molecule has 1 N–H and O–H groups in total. The lowest BCUT2D eigenvalue weighted by Crippen LogP contribution is -2.02. The molecule has 0 spiro atoms. The van der Waals surface area contributed by atoms with Gasteiger partial charge in [-0.15, -0.1) is 0 Å². The van der Waals surface area contributed by atoms with E-state index >= 15 is 0 Å². The fourth-order valence-electron chi connectivity index (χ4n) is 1.87. The summed E-state index contributed by atoms with van der Waals surface area (Å²) in [4.78, 5) is 4.61. The summed E-state index contributed by atoms with van der Waals surface area (Å²) in [6.45, 7) is 0.653. The van der Waals surface area contributed by atoms with Crippen molar-refractivity contribution in [2.45, 2.75) is 6.54 Å². The Bertz CT molecular complexity index is 677. The first-order chi connectivity index (χ1) is 8.85. The van der Waals surface area contributed by atoms with E-state index in [1.54, 1.807) is 0 Å². The number of pyridine rings is 1. The lowest BCUT2D eigenvalue weighted by molar-refractivity contribution is 0.678. The monoisotopic (exact) mass is 256 g/mol. The molecule has 5 heteroatoms. The van der Waals surface area contributed by atoms with Crippen molar-refractivity contribution < 1.29 is 0 Å². The van der Waals surface area contributed by atoms with Gasteiger partial charge in [0.05, 0.1) is 17.8 Å². The third kappa shape index (κ3) is 2.17. The summed E-state index contributed by atoms with van der Waals surface area (Å²) in [5, 5.41) is 5.45. The van der Waals surface area contributed by atoms with Gasteiger partial charge < -0.3 is 4.72 Å². The zero-order chi connectivity index (χ0) is 12.4. The molecule has 0 aliphatic rings. The standard InChI is InChI=1S/C13H12N4S/c18-16-13-7-8-17(15-13)9-11-6-5-10-3-1-2-4-12(10)14-11/h1-8,18H,9H2,(H,15,16). The molecule has 0 bridgehead atoms. The van der Waals surface area contributed by atoms with Gasteiger partial charge in [0.1, 0.15) is 0 Å². The topological polar surface area (TPSA) is 42.7 Å². The van der Waals surface area contributed by atoms with Crippen molar-refractivity contribution in [3.63, 3.8) is 0 Å². The van der Waals surface area contributed by atoms with Gasteiger partial charge in [0.2, 0.25) is 0 Å². The molecule has 18 heavy (non-hydrogen) atoms. The van der Waals surface area contributed by atoms with Crippen LogP contribution < -0.4 is 4.72 Å². The molecule has 0 atom stereocenters. The Labute approximate surface area is 110 Å². The van der Waals surface area contributed by atoms with Crippen molar-refractivity contribution in [3.8, 4) is 0 Å². The molecule has 0 amide bonds. The molecule has 90 valence electrons. The lowest BCUT2D eigenvalue weighted by Gasteiger charge is -2.03. The van der Waals surface area contributed by atoms with Gasteiger partial charge in [0, 0.05) is 17.6 Å². The van der Waals surface area contributed by atoms with Gasteiger partial charge in [-0.05, 0) is 12.1 Å². The van der Waals surface area contributed by atoms with E-state index in [2.05, 4.69) is 39.8 Å². The minimum Gasteiger partial charge on any atom is -0.316 e. The Kier molecular flexibility index (Phi) is 2.90. The van der Waals surface area contributed by atoms with Gasteiger partial charge >= 0.3 is 0 Å². The molecule has 3 aromatic rings. The maximum atomic E-state index is 4.61. The zero-order valence-corrected chi connectivity index (χ0v) is 10.5. The molecule has 0 aliphatic heterocycles. The molecule has 0 unspecified atom stereocenters. The van der Waals surface area contributed by atoms with E-state index in [9.17, 15) is 0 Å². The first-order valence-corrected chi connectivity index (χ1v) is 6.08. The van der Waals surface area contributed by atoms with Gasteiger partial charge in [-0.1, -0.05) is 37.1 Å². The molecule has 2 aromatic heterocycles. The molecular formula is C13H12N4S. The number of nitrogens with zero attached hydrogens (tertiary/aromatic N) is 3. The van der Waals surface area contributed by atoms with Crippen LogP contribution in [0.5, 0.6) is 0 Å². The molecular weight excluding hydrogens is 244 g/mol. The van der Waals surface area contributed by atoms with Crippen molar-refractivity contribution in [2.24, 2.45) is 0 Å². The highest BCUT2D eigenvalue weighted by Gasteiger charge is 2.01. The second kappa shape index (κ2) is 4.70. The Morgan fingerprint density at radius 1 is 1.11 bits per heavy atom. The van der Waals surface area contributed by atoms with Crippen LogP contribution in [0.4, 0.5) is 5.82 Å². The summed E-state index contributed by atoms with van der Waals surface area (Å²) < 4.78 is 4.53. The van der Waals surface area contributed by atoms with E-state index in [1.165, 1.54) is 0 Å². The van der Waals surface area contributed by atoms with Crippen LogP contribution in [0.2, 0.25) is 0 Å². The van der Waals surface area contributed by atoms with Gasteiger partial charge in [-0.2, -0.15) is 5.10 Å². The summed E-state index contributed by atoms with van der Waals surface area (Å²) in [7, 11) is 0. The number of hydrogen-bond acceptors (Lipinski definition) is 4. The van der Waals surface area contributed by atoms with Crippen LogP contribution in [0.3, 0.4) is 0 Å². The molecule has 1 aromatic carbocycles. The highest BCUT2D eigenvalue weighted by molar-refractivity contribution is 7.81. The number of hydrogen-bond donors (Lipinski definition) is 2. The zero-order valence-electron chi connectivity index (χ0n) is 9.61. The number of thiol groups is 1. The normalized spacial score (nSPS) is 10.7. The summed E-state index contributed by atoms with van der Waals surface area (Å²) in [5.41, 5.74) is 2.00. The average Bonchev–Trinajstić information content (AvgIpc) is 2.86. The minimum absolute atomic E-state index is 0.653. The number of para-hydroxylation sites is 1. The molecule has 0 saturated carbocycles. The summed E-state index contributed by atoms with van der Waals surface area (Å²) >= 11 is 3.96. The number of nitrogens with one attached hydrogen (secondary N) is 1. The van der Waals surface area contributed by atoms with E-state index in [4.69, 9.17) is 0 Å². The number of fused-ring (bicyclic) bond motifs is 1. The van der Waals surface area contributed by atoms with Crippen molar-refractivity contribution in [1.29, 1.82) is 0 Å². The highest BCUT2D eigenvalue weighted by atomic mass is 32.1. The second-order valence-electron chi connectivity index (χ2n) is 4.01. The maximum Gasteiger partial charge on any atom is 0.157 e. The van der Waals surface area contributed by atoms with E-state index in [0.717, 1.165) is 22.4 Å². The van der Waals surface area contributed by atoms with Crippen LogP contribution in [-0.2, 0) is 6.54 Å². The quantitative estimate of drug-likeness (QED) is 0.708. The van der Waals surface area contributed by atoms with Gasteiger partial charge in [-0.25, -0.2) is 0 Å². The first kappa shape index (κ1) is 11.1. The molecule has 4 nitrogen and oxygen atoms in total. The van der Waals surface area contributed by atoms with Gasteiger partial charge in [0.15, 0.2) is 5.82 Å². The van der Waals surface area contributed by atoms with Crippen LogP contribution in [0.15, 0.2) is 48.7 Å².